The van der Waals surface area contributed by atoms with Crippen LogP contribution in [-0.4, -0.2) is 14.4 Å². The summed E-state index contributed by atoms with van der Waals surface area (Å²) in [7, 11) is 0. The van der Waals surface area contributed by atoms with Gasteiger partial charge in [-0.1, -0.05) is 0 Å². The molecule has 18 heavy (non-hydrogen) atoms. The third kappa shape index (κ3) is 1.66. The number of pyridine rings is 1. The first kappa shape index (κ1) is 11.2. The van der Waals surface area contributed by atoms with Crippen LogP contribution in [-0.2, 0) is 0 Å². The molecule has 3 aromatic heterocycles. The van der Waals surface area contributed by atoms with Crippen LogP contribution in [0.3, 0.4) is 0 Å². The van der Waals surface area contributed by atoms with Gasteiger partial charge >= 0.3 is 0 Å². The fourth-order valence-electron chi connectivity index (χ4n) is 2.02. The van der Waals surface area contributed by atoms with Crippen LogP contribution in [0.2, 0.25) is 0 Å². The highest BCUT2D eigenvalue weighted by Crippen LogP contribution is 2.28. The molecule has 5 nitrogen and oxygen atoms in total. The van der Waals surface area contributed by atoms with Gasteiger partial charge in [-0.2, -0.15) is 0 Å². The van der Waals surface area contributed by atoms with Gasteiger partial charge in [-0.3, -0.25) is 9.83 Å². The Hall–Kier alpha value is -1.92. The number of nitrogens with one attached hydrogen (secondary N) is 1. The zero-order valence-electron chi connectivity index (χ0n) is 10.1. The van der Waals surface area contributed by atoms with Crippen LogP contribution in [0.1, 0.15) is 11.3 Å². The molecule has 3 rings (SSSR count). The number of thiazole rings is 1. The Balaban J connectivity index is 2.24. The van der Waals surface area contributed by atoms with Gasteiger partial charge in [-0.15, -0.1) is 11.3 Å². The number of rotatable bonds is 2. The lowest BCUT2D eigenvalue weighted by Gasteiger charge is -2.00. The quantitative estimate of drug-likeness (QED) is 0.547. The zero-order valence-corrected chi connectivity index (χ0v) is 11.0. The van der Waals surface area contributed by atoms with E-state index in [1.165, 1.54) is 16.9 Å². The molecule has 0 fully saturated rings. The third-order valence-corrected chi connectivity index (χ3v) is 3.60. The van der Waals surface area contributed by atoms with Gasteiger partial charge in [0.2, 0.25) is 0 Å². The van der Waals surface area contributed by atoms with Crippen molar-refractivity contribution in [3.8, 4) is 11.4 Å². The topological polar surface area (TPSA) is 68.2 Å². The van der Waals surface area contributed by atoms with Crippen molar-refractivity contribution in [1.29, 1.82) is 0 Å². The van der Waals surface area contributed by atoms with Crippen LogP contribution in [0.4, 0.5) is 5.13 Å². The summed E-state index contributed by atoms with van der Waals surface area (Å²) in [6.07, 6.45) is 2.02. The SMILES string of the molecule is Cc1ccn2c(-c3csc(NN)n3)c(C)nc2c1. The number of aryl methyl sites for hydroxylation is 2. The predicted octanol–water partition coefficient (Wildman–Crippen LogP) is 2.36. The van der Waals surface area contributed by atoms with Crippen molar-refractivity contribution in [2.45, 2.75) is 13.8 Å². The van der Waals surface area contributed by atoms with E-state index in [1.807, 2.05) is 18.5 Å². The van der Waals surface area contributed by atoms with Crippen LogP contribution in [0, 0.1) is 13.8 Å². The zero-order chi connectivity index (χ0) is 12.7. The van der Waals surface area contributed by atoms with Crippen LogP contribution >= 0.6 is 11.3 Å². The molecule has 0 spiro atoms. The van der Waals surface area contributed by atoms with Gasteiger partial charge in [0.25, 0.3) is 0 Å². The minimum absolute atomic E-state index is 0.700. The fraction of sp³-hybridized carbons (Fsp3) is 0.167. The number of aromatic nitrogens is 3. The van der Waals surface area contributed by atoms with E-state index in [1.54, 1.807) is 0 Å². The molecule has 0 aliphatic rings. The Kier molecular flexibility index (Phi) is 2.53. The average molecular weight is 259 g/mol. The molecule has 0 radical (unpaired) electrons. The number of nitrogens with two attached hydrogens (primary N) is 1. The molecular weight excluding hydrogens is 246 g/mol. The first-order chi connectivity index (χ1) is 8.69. The highest BCUT2D eigenvalue weighted by molar-refractivity contribution is 7.14. The summed E-state index contributed by atoms with van der Waals surface area (Å²) in [6.45, 7) is 4.05. The van der Waals surface area contributed by atoms with E-state index < -0.39 is 0 Å². The summed E-state index contributed by atoms with van der Waals surface area (Å²) in [5.74, 6) is 5.36. The number of hydrogen-bond acceptors (Lipinski definition) is 5. The standard InChI is InChI=1S/C12H13N5S/c1-7-3-4-17-10(5-7)14-8(2)11(17)9-6-18-12(15-9)16-13/h3-6H,13H2,1-2H3,(H,15,16). The van der Waals surface area contributed by atoms with E-state index in [2.05, 4.69) is 38.9 Å². The molecule has 0 unspecified atom stereocenters. The van der Waals surface area contributed by atoms with Crippen LogP contribution in [0.25, 0.3) is 17.0 Å². The lowest BCUT2D eigenvalue weighted by Crippen LogP contribution is -2.05. The lowest BCUT2D eigenvalue weighted by atomic mass is 10.2. The predicted molar refractivity (Wildman–Crippen MR) is 73.6 cm³/mol. The van der Waals surface area contributed by atoms with E-state index in [9.17, 15) is 0 Å². The van der Waals surface area contributed by atoms with Gasteiger partial charge in [-0.05, 0) is 31.5 Å². The monoisotopic (exact) mass is 259 g/mol. The maximum Gasteiger partial charge on any atom is 0.197 e. The Morgan fingerprint density at radius 3 is 2.89 bits per heavy atom. The Bertz CT molecular complexity index is 712. The normalized spacial score (nSPS) is 11.1. The molecule has 0 aliphatic heterocycles. The molecule has 0 saturated heterocycles. The summed E-state index contributed by atoms with van der Waals surface area (Å²) in [4.78, 5) is 8.99. The van der Waals surface area contributed by atoms with Gasteiger partial charge in [0.1, 0.15) is 11.3 Å². The number of fused-ring (bicyclic) bond motifs is 1. The van der Waals surface area contributed by atoms with Crippen molar-refractivity contribution in [1.82, 2.24) is 14.4 Å². The van der Waals surface area contributed by atoms with E-state index >= 15 is 0 Å². The summed E-state index contributed by atoms with van der Waals surface area (Å²) in [6, 6.07) is 4.12. The first-order valence-corrected chi connectivity index (χ1v) is 6.45. The second kappa shape index (κ2) is 4.08. The minimum atomic E-state index is 0.700. The molecule has 3 aromatic rings. The largest absolute Gasteiger partial charge is 0.300 e. The molecule has 0 saturated carbocycles. The van der Waals surface area contributed by atoms with E-state index in [-0.39, 0.29) is 0 Å². The summed E-state index contributed by atoms with van der Waals surface area (Å²) in [5.41, 5.74) is 7.58. The Morgan fingerprint density at radius 2 is 2.17 bits per heavy atom. The van der Waals surface area contributed by atoms with Crippen molar-refractivity contribution < 1.29 is 0 Å². The molecule has 92 valence electrons. The minimum Gasteiger partial charge on any atom is -0.300 e. The van der Waals surface area contributed by atoms with Crippen molar-refractivity contribution in [3.05, 3.63) is 35.0 Å². The van der Waals surface area contributed by atoms with Crippen LogP contribution < -0.4 is 11.3 Å². The number of nitrogens with zero attached hydrogens (tertiary/aromatic N) is 3. The smallest absolute Gasteiger partial charge is 0.197 e. The summed E-state index contributed by atoms with van der Waals surface area (Å²) >= 11 is 1.48. The van der Waals surface area contributed by atoms with Gasteiger partial charge < -0.3 is 0 Å². The number of imidazole rings is 1. The van der Waals surface area contributed by atoms with E-state index in [0.717, 1.165) is 22.7 Å². The molecular formula is C12H13N5S. The molecule has 0 amide bonds. The number of hydrazine groups is 1. The van der Waals surface area contributed by atoms with Crippen LogP contribution in [0.5, 0.6) is 0 Å². The van der Waals surface area contributed by atoms with E-state index in [0.29, 0.717) is 5.13 Å². The second-order valence-electron chi connectivity index (χ2n) is 4.16. The van der Waals surface area contributed by atoms with Crippen molar-refractivity contribution >= 4 is 22.1 Å². The average Bonchev–Trinajstić information content (AvgIpc) is 2.91. The Morgan fingerprint density at radius 1 is 1.33 bits per heavy atom. The molecule has 0 bridgehead atoms. The highest BCUT2D eigenvalue weighted by Gasteiger charge is 2.13. The summed E-state index contributed by atoms with van der Waals surface area (Å²) < 4.78 is 2.05. The third-order valence-electron chi connectivity index (χ3n) is 2.83. The first-order valence-electron chi connectivity index (χ1n) is 5.57. The summed E-state index contributed by atoms with van der Waals surface area (Å²) in [5, 5.41) is 2.68. The number of nitrogen functional groups attached to an aromatic ring is 1. The van der Waals surface area contributed by atoms with Crippen LogP contribution in [0.15, 0.2) is 23.7 Å². The maximum atomic E-state index is 5.36. The Labute approximate surface area is 108 Å². The second-order valence-corrected chi connectivity index (χ2v) is 5.02. The fourth-order valence-corrected chi connectivity index (χ4v) is 2.63. The maximum absolute atomic E-state index is 5.36. The molecule has 3 N–H and O–H groups in total. The number of anilines is 1. The van der Waals surface area contributed by atoms with Gasteiger partial charge in [0, 0.05) is 11.6 Å². The van der Waals surface area contributed by atoms with Crippen molar-refractivity contribution in [2.75, 3.05) is 5.43 Å². The highest BCUT2D eigenvalue weighted by atomic mass is 32.1. The van der Waals surface area contributed by atoms with Gasteiger partial charge in [0.05, 0.1) is 11.4 Å². The molecule has 0 atom stereocenters. The molecule has 0 aliphatic carbocycles. The number of hydrogen-bond donors (Lipinski definition) is 2. The van der Waals surface area contributed by atoms with Crippen molar-refractivity contribution in [2.24, 2.45) is 5.84 Å². The van der Waals surface area contributed by atoms with Gasteiger partial charge in [-0.25, -0.2) is 15.8 Å². The molecule has 0 aromatic carbocycles. The molecule has 6 heteroatoms. The van der Waals surface area contributed by atoms with Gasteiger partial charge in [0.15, 0.2) is 5.13 Å². The van der Waals surface area contributed by atoms with E-state index in [4.69, 9.17) is 5.84 Å². The molecule has 3 heterocycles. The lowest BCUT2D eigenvalue weighted by molar-refractivity contribution is 1.16. The van der Waals surface area contributed by atoms with Crippen molar-refractivity contribution in [3.63, 3.8) is 0 Å².